The number of carbonyl (C=O) groups excluding carboxylic acids is 1. The van der Waals surface area contributed by atoms with Crippen LogP contribution in [0.3, 0.4) is 0 Å². The van der Waals surface area contributed by atoms with Crippen LogP contribution < -0.4 is 5.84 Å². The summed E-state index contributed by atoms with van der Waals surface area (Å²) < 4.78 is 0. The molecule has 0 aromatic carbocycles. The second-order valence-corrected chi connectivity index (χ2v) is 3.22. The van der Waals surface area contributed by atoms with Crippen molar-refractivity contribution in [3.8, 4) is 0 Å². The number of hydrazine groups is 1. The minimum Gasteiger partial charge on any atom is -0.283 e. The highest BCUT2D eigenvalue weighted by atomic mass is 16.1. The van der Waals surface area contributed by atoms with E-state index in [0.29, 0.717) is 18.9 Å². The van der Waals surface area contributed by atoms with Crippen LogP contribution in [0.4, 0.5) is 0 Å². The minimum atomic E-state index is 0.570. The van der Waals surface area contributed by atoms with Crippen molar-refractivity contribution in [1.29, 1.82) is 0 Å². The fourth-order valence-corrected chi connectivity index (χ4v) is 1.26. The van der Waals surface area contributed by atoms with Crippen LogP contribution in [0.1, 0.15) is 39.5 Å². The molecule has 0 heterocycles. The monoisotopic (exact) mass is 172 g/mol. The average Bonchev–Trinajstić information content (AvgIpc) is 2.11. The quantitative estimate of drug-likeness (QED) is 0.274. The number of nitrogens with two attached hydrogens (primary N) is 1. The predicted molar refractivity (Wildman–Crippen MR) is 50.3 cm³/mol. The summed E-state index contributed by atoms with van der Waals surface area (Å²) in [6.45, 7) is 5.01. The number of hydrogen-bond acceptors (Lipinski definition) is 2. The molecule has 0 rings (SSSR count). The lowest BCUT2D eigenvalue weighted by Crippen LogP contribution is -2.34. The Hall–Kier alpha value is -0.570. The third-order valence-corrected chi connectivity index (χ3v) is 2.15. The van der Waals surface area contributed by atoms with E-state index >= 15 is 0 Å². The molecule has 0 bridgehead atoms. The van der Waals surface area contributed by atoms with Gasteiger partial charge in [-0.2, -0.15) is 0 Å². The molecule has 12 heavy (non-hydrogen) atoms. The van der Waals surface area contributed by atoms with E-state index in [9.17, 15) is 4.79 Å². The lowest BCUT2D eigenvalue weighted by atomic mass is 9.99. The number of carbonyl (C=O) groups is 1. The fourth-order valence-electron chi connectivity index (χ4n) is 1.26. The van der Waals surface area contributed by atoms with Gasteiger partial charge in [-0.05, 0) is 12.3 Å². The van der Waals surface area contributed by atoms with Gasteiger partial charge in [0.2, 0.25) is 6.41 Å². The second kappa shape index (κ2) is 7.10. The van der Waals surface area contributed by atoms with E-state index in [1.165, 1.54) is 24.3 Å². The van der Waals surface area contributed by atoms with Gasteiger partial charge in [-0.3, -0.25) is 9.80 Å². The second-order valence-electron chi connectivity index (χ2n) is 3.22. The van der Waals surface area contributed by atoms with Crippen LogP contribution in [-0.2, 0) is 4.79 Å². The van der Waals surface area contributed by atoms with Crippen LogP contribution in [0.15, 0.2) is 0 Å². The molecule has 0 saturated carbocycles. The molecule has 0 aliphatic carbocycles. The van der Waals surface area contributed by atoms with Crippen LogP contribution >= 0.6 is 0 Å². The Labute approximate surface area is 74.9 Å². The number of nitrogens with zero attached hydrogens (tertiary/aromatic N) is 1. The molecule has 72 valence electrons. The first-order valence-electron chi connectivity index (χ1n) is 4.71. The molecule has 1 atom stereocenters. The molecule has 0 aliphatic heterocycles. The summed E-state index contributed by atoms with van der Waals surface area (Å²) >= 11 is 0. The van der Waals surface area contributed by atoms with Gasteiger partial charge in [0, 0.05) is 6.54 Å². The van der Waals surface area contributed by atoms with Gasteiger partial charge in [-0.15, -0.1) is 0 Å². The number of unbranched alkanes of at least 4 members (excludes halogenated alkanes) is 1. The molecule has 0 fully saturated rings. The van der Waals surface area contributed by atoms with Crippen molar-refractivity contribution in [2.24, 2.45) is 11.8 Å². The molecule has 3 nitrogen and oxygen atoms in total. The first kappa shape index (κ1) is 11.4. The largest absolute Gasteiger partial charge is 0.283 e. The van der Waals surface area contributed by atoms with E-state index in [1.807, 2.05) is 0 Å². The van der Waals surface area contributed by atoms with Gasteiger partial charge in [0.1, 0.15) is 0 Å². The van der Waals surface area contributed by atoms with Crippen LogP contribution in [0.2, 0.25) is 0 Å². The van der Waals surface area contributed by atoms with Gasteiger partial charge in [0.15, 0.2) is 0 Å². The van der Waals surface area contributed by atoms with Crippen molar-refractivity contribution in [3.05, 3.63) is 0 Å². The SMILES string of the molecule is CCCCC(CC)CN(N)C=O. The van der Waals surface area contributed by atoms with Crippen LogP contribution in [0.25, 0.3) is 0 Å². The molecular formula is C9H20N2O. The van der Waals surface area contributed by atoms with Crippen molar-refractivity contribution in [2.45, 2.75) is 39.5 Å². The number of amides is 1. The summed E-state index contributed by atoms with van der Waals surface area (Å²) in [5.74, 6) is 5.96. The molecule has 0 radical (unpaired) electrons. The lowest BCUT2D eigenvalue weighted by molar-refractivity contribution is -0.119. The Morgan fingerprint density at radius 2 is 2.17 bits per heavy atom. The third kappa shape index (κ3) is 5.13. The van der Waals surface area contributed by atoms with Gasteiger partial charge in [0.25, 0.3) is 0 Å². The van der Waals surface area contributed by atoms with E-state index in [1.54, 1.807) is 0 Å². The Morgan fingerprint density at radius 1 is 1.50 bits per heavy atom. The minimum absolute atomic E-state index is 0.570. The molecule has 0 aromatic heterocycles. The molecule has 0 aliphatic rings. The Morgan fingerprint density at radius 3 is 2.58 bits per heavy atom. The summed E-state index contributed by atoms with van der Waals surface area (Å²) in [6, 6.07) is 0. The highest BCUT2D eigenvalue weighted by Crippen LogP contribution is 2.12. The topological polar surface area (TPSA) is 46.3 Å². The molecule has 0 spiro atoms. The zero-order valence-corrected chi connectivity index (χ0v) is 8.12. The highest BCUT2D eigenvalue weighted by Gasteiger charge is 2.07. The predicted octanol–water partition coefficient (Wildman–Crippen LogP) is 1.53. The first-order chi connectivity index (χ1) is 5.74. The first-order valence-corrected chi connectivity index (χ1v) is 4.71. The van der Waals surface area contributed by atoms with E-state index < -0.39 is 0 Å². The van der Waals surface area contributed by atoms with Crippen molar-refractivity contribution in [1.82, 2.24) is 5.01 Å². The van der Waals surface area contributed by atoms with Gasteiger partial charge in [-0.25, -0.2) is 5.84 Å². The van der Waals surface area contributed by atoms with E-state index in [-0.39, 0.29) is 0 Å². The molecule has 3 heteroatoms. The Bertz CT molecular complexity index is 117. The van der Waals surface area contributed by atoms with Crippen LogP contribution in [0.5, 0.6) is 0 Å². The highest BCUT2D eigenvalue weighted by molar-refractivity contribution is 5.45. The average molecular weight is 172 g/mol. The maximum absolute atomic E-state index is 10.2. The zero-order valence-electron chi connectivity index (χ0n) is 8.12. The van der Waals surface area contributed by atoms with Crippen LogP contribution in [-0.4, -0.2) is 18.0 Å². The van der Waals surface area contributed by atoms with Crippen LogP contribution in [0, 0.1) is 5.92 Å². The maximum atomic E-state index is 10.2. The smallest absolute Gasteiger partial charge is 0.223 e. The molecule has 0 saturated heterocycles. The summed E-state index contributed by atoms with van der Waals surface area (Å²) in [7, 11) is 0. The normalized spacial score (nSPS) is 12.6. The maximum Gasteiger partial charge on any atom is 0.223 e. The molecular weight excluding hydrogens is 152 g/mol. The van der Waals surface area contributed by atoms with Crippen molar-refractivity contribution < 1.29 is 4.79 Å². The Balaban J connectivity index is 3.58. The Kier molecular flexibility index (Phi) is 6.76. The number of rotatable bonds is 7. The van der Waals surface area contributed by atoms with Gasteiger partial charge in [-0.1, -0.05) is 33.1 Å². The lowest BCUT2D eigenvalue weighted by Gasteiger charge is -2.18. The number of hydrogen-bond donors (Lipinski definition) is 1. The fraction of sp³-hybridized carbons (Fsp3) is 0.889. The van der Waals surface area contributed by atoms with Gasteiger partial charge < -0.3 is 0 Å². The summed E-state index contributed by atoms with van der Waals surface area (Å²) in [6.07, 6.45) is 5.40. The summed E-state index contributed by atoms with van der Waals surface area (Å²) in [5.41, 5.74) is 0. The van der Waals surface area contributed by atoms with Gasteiger partial charge >= 0.3 is 0 Å². The van der Waals surface area contributed by atoms with Crippen molar-refractivity contribution in [3.63, 3.8) is 0 Å². The molecule has 2 N–H and O–H groups in total. The summed E-state index contributed by atoms with van der Waals surface area (Å²) in [4.78, 5) is 10.2. The molecule has 1 amide bonds. The van der Waals surface area contributed by atoms with E-state index in [0.717, 1.165) is 6.42 Å². The van der Waals surface area contributed by atoms with E-state index in [4.69, 9.17) is 5.84 Å². The zero-order chi connectivity index (χ0) is 9.40. The third-order valence-electron chi connectivity index (χ3n) is 2.15. The van der Waals surface area contributed by atoms with E-state index in [2.05, 4.69) is 13.8 Å². The molecule has 1 unspecified atom stereocenters. The van der Waals surface area contributed by atoms with Crippen molar-refractivity contribution >= 4 is 6.41 Å². The standard InChI is InChI=1S/C9H20N2O/c1-3-5-6-9(4-2)7-11(10)8-12/h8-9H,3-7,10H2,1-2H3. The summed E-state index contributed by atoms with van der Waals surface area (Å²) in [5, 5.41) is 1.24. The van der Waals surface area contributed by atoms with Crippen molar-refractivity contribution in [2.75, 3.05) is 6.54 Å². The van der Waals surface area contributed by atoms with Gasteiger partial charge in [0.05, 0.1) is 0 Å². The molecule has 0 aromatic rings.